The van der Waals surface area contributed by atoms with Crippen LogP contribution in [-0.2, 0) is 4.74 Å². The lowest BCUT2D eigenvalue weighted by Gasteiger charge is -2.21. The van der Waals surface area contributed by atoms with Crippen LogP contribution in [0.2, 0.25) is 0 Å². The predicted octanol–water partition coefficient (Wildman–Crippen LogP) is 1.84. The third-order valence-electron chi connectivity index (χ3n) is 5.22. The summed E-state index contributed by atoms with van der Waals surface area (Å²) >= 11 is 0. The Morgan fingerprint density at radius 3 is 2.44 bits per heavy atom. The molecule has 130 valence electrons. The summed E-state index contributed by atoms with van der Waals surface area (Å²) in [5.74, 6) is 1.83. The second kappa shape index (κ2) is 5.91. The largest absolute Gasteiger partial charge is 0.377 e. The van der Waals surface area contributed by atoms with Gasteiger partial charge in [-0.25, -0.2) is 4.68 Å². The van der Waals surface area contributed by atoms with E-state index in [0.29, 0.717) is 25.0 Å². The highest BCUT2D eigenvalue weighted by Crippen LogP contribution is 2.39. The minimum atomic E-state index is -0.129. The molecule has 1 aliphatic heterocycles. The van der Waals surface area contributed by atoms with Crippen molar-refractivity contribution < 1.29 is 4.74 Å². The molecule has 0 amide bonds. The van der Waals surface area contributed by atoms with E-state index < -0.39 is 0 Å². The van der Waals surface area contributed by atoms with Crippen LogP contribution >= 0.6 is 0 Å². The Labute approximate surface area is 145 Å². The smallest absolute Gasteiger partial charge is 0.267 e. The first-order valence-electron chi connectivity index (χ1n) is 9.05. The minimum absolute atomic E-state index is 0.0410. The van der Waals surface area contributed by atoms with Gasteiger partial charge >= 0.3 is 0 Å². The highest BCUT2D eigenvalue weighted by molar-refractivity contribution is 5.36. The van der Waals surface area contributed by atoms with Crippen LogP contribution in [0.1, 0.15) is 54.9 Å². The van der Waals surface area contributed by atoms with E-state index in [4.69, 9.17) is 4.74 Å². The number of rotatable bonds is 5. The van der Waals surface area contributed by atoms with Crippen molar-refractivity contribution in [1.82, 2.24) is 20.0 Å². The molecule has 2 saturated carbocycles. The summed E-state index contributed by atoms with van der Waals surface area (Å²) in [6.07, 6.45) is 4.76. The quantitative estimate of drug-likeness (QED) is 0.895. The fourth-order valence-electron chi connectivity index (χ4n) is 3.40. The zero-order valence-electron chi connectivity index (χ0n) is 14.0. The van der Waals surface area contributed by atoms with Crippen molar-refractivity contribution in [2.24, 2.45) is 0 Å². The molecule has 3 heterocycles. The number of nitrogens with one attached hydrogen (secondary N) is 1. The van der Waals surface area contributed by atoms with E-state index in [2.05, 4.69) is 20.6 Å². The van der Waals surface area contributed by atoms with Crippen LogP contribution in [0.25, 0.3) is 0 Å². The monoisotopic (exact) mass is 339 g/mol. The molecule has 0 aromatic carbocycles. The van der Waals surface area contributed by atoms with Crippen LogP contribution in [0.15, 0.2) is 29.1 Å². The molecule has 7 heteroatoms. The Bertz CT molecular complexity index is 826. The summed E-state index contributed by atoms with van der Waals surface area (Å²) in [4.78, 5) is 12.3. The van der Waals surface area contributed by atoms with Gasteiger partial charge in [-0.05, 0) is 43.9 Å². The van der Waals surface area contributed by atoms with Crippen molar-refractivity contribution in [2.75, 3.05) is 18.5 Å². The second-order valence-electron chi connectivity index (χ2n) is 7.29. The Hall–Kier alpha value is -2.28. The van der Waals surface area contributed by atoms with Gasteiger partial charge in [0.25, 0.3) is 5.56 Å². The van der Waals surface area contributed by atoms with Gasteiger partial charge in [0.05, 0.1) is 30.6 Å². The topological polar surface area (TPSA) is 81.9 Å². The molecule has 5 rings (SSSR count). The normalized spacial score (nSPS) is 25.9. The Balaban J connectivity index is 1.36. The van der Waals surface area contributed by atoms with Crippen molar-refractivity contribution in [3.8, 4) is 0 Å². The second-order valence-corrected chi connectivity index (χ2v) is 7.29. The number of anilines is 1. The number of hydrogen-bond acceptors (Lipinski definition) is 6. The third-order valence-corrected chi connectivity index (χ3v) is 5.22. The van der Waals surface area contributed by atoms with E-state index in [1.165, 1.54) is 12.8 Å². The SMILES string of the molecule is O=c1ccc(C2CC2)nn1C1COCC1Nc1ccc(C2CC2)nn1. The Kier molecular flexibility index (Phi) is 3.55. The molecule has 2 aromatic heterocycles. The van der Waals surface area contributed by atoms with Gasteiger partial charge in [0, 0.05) is 17.9 Å². The fraction of sp³-hybridized carbons (Fsp3) is 0.556. The lowest BCUT2D eigenvalue weighted by atomic mass is 10.1. The predicted molar refractivity (Wildman–Crippen MR) is 91.7 cm³/mol. The molecule has 2 atom stereocenters. The van der Waals surface area contributed by atoms with Crippen molar-refractivity contribution in [3.05, 3.63) is 46.0 Å². The molecule has 0 radical (unpaired) electrons. The van der Waals surface area contributed by atoms with Crippen molar-refractivity contribution in [1.29, 1.82) is 0 Å². The molecule has 7 nitrogen and oxygen atoms in total. The van der Waals surface area contributed by atoms with Crippen molar-refractivity contribution >= 4 is 5.82 Å². The molecule has 25 heavy (non-hydrogen) atoms. The zero-order chi connectivity index (χ0) is 16.8. The lowest BCUT2D eigenvalue weighted by molar-refractivity contribution is 0.182. The maximum absolute atomic E-state index is 12.3. The average Bonchev–Trinajstić information content (AvgIpc) is 3.54. The maximum atomic E-state index is 12.3. The Morgan fingerprint density at radius 1 is 0.960 bits per heavy atom. The van der Waals surface area contributed by atoms with E-state index in [9.17, 15) is 4.79 Å². The van der Waals surface area contributed by atoms with Crippen LogP contribution in [0, 0.1) is 0 Å². The Morgan fingerprint density at radius 2 is 1.72 bits per heavy atom. The van der Waals surface area contributed by atoms with Gasteiger partial charge in [0.15, 0.2) is 0 Å². The molecule has 3 fully saturated rings. The zero-order valence-corrected chi connectivity index (χ0v) is 14.0. The first kappa shape index (κ1) is 15.0. The molecule has 0 spiro atoms. The van der Waals surface area contributed by atoms with E-state index in [1.54, 1.807) is 10.7 Å². The van der Waals surface area contributed by atoms with Gasteiger partial charge in [-0.3, -0.25) is 4.79 Å². The van der Waals surface area contributed by atoms with Gasteiger partial charge < -0.3 is 10.1 Å². The summed E-state index contributed by atoms with van der Waals surface area (Å²) in [5, 5.41) is 16.6. The van der Waals surface area contributed by atoms with Gasteiger partial charge in [0.1, 0.15) is 11.9 Å². The highest BCUT2D eigenvalue weighted by atomic mass is 16.5. The standard InChI is InChI=1S/C18H21N5O2/c24-18-8-6-14(12-3-4-12)22-23(18)16-10-25-9-15(16)19-17-7-5-13(20-21-17)11-1-2-11/h5-8,11-12,15-16H,1-4,9-10H2,(H,19,21). The summed E-state index contributed by atoms with van der Waals surface area (Å²) < 4.78 is 7.22. The molecular formula is C18H21N5O2. The maximum Gasteiger partial charge on any atom is 0.267 e. The van der Waals surface area contributed by atoms with Crippen LogP contribution < -0.4 is 10.9 Å². The fourth-order valence-corrected chi connectivity index (χ4v) is 3.40. The molecule has 3 aliphatic rings. The van der Waals surface area contributed by atoms with E-state index in [0.717, 1.165) is 30.0 Å². The molecular weight excluding hydrogens is 318 g/mol. The molecule has 2 unspecified atom stereocenters. The van der Waals surface area contributed by atoms with Gasteiger partial charge in [0.2, 0.25) is 0 Å². The first-order chi connectivity index (χ1) is 12.3. The molecule has 1 saturated heterocycles. The third kappa shape index (κ3) is 3.04. The molecule has 2 aromatic rings. The van der Waals surface area contributed by atoms with Crippen molar-refractivity contribution in [2.45, 2.75) is 49.6 Å². The van der Waals surface area contributed by atoms with Crippen LogP contribution in [0.3, 0.4) is 0 Å². The number of nitrogens with zero attached hydrogens (tertiary/aromatic N) is 4. The molecule has 2 aliphatic carbocycles. The summed E-state index contributed by atoms with van der Waals surface area (Å²) in [7, 11) is 0. The van der Waals surface area contributed by atoms with Gasteiger partial charge in [-0.15, -0.1) is 5.10 Å². The number of ether oxygens (including phenoxy) is 1. The first-order valence-corrected chi connectivity index (χ1v) is 9.05. The summed E-state index contributed by atoms with van der Waals surface area (Å²) in [6, 6.07) is 7.32. The minimum Gasteiger partial charge on any atom is -0.377 e. The number of hydrogen-bond donors (Lipinski definition) is 1. The van der Waals surface area contributed by atoms with Crippen LogP contribution in [-0.4, -0.2) is 39.2 Å². The van der Waals surface area contributed by atoms with E-state index in [-0.39, 0.29) is 17.6 Å². The van der Waals surface area contributed by atoms with E-state index >= 15 is 0 Å². The van der Waals surface area contributed by atoms with Gasteiger partial charge in [-0.2, -0.15) is 10.2 Å². The average molecular weight is 339 g/mol. The summed E-state index contributed by atoms with van der Waals surface area (Å²) in [6.45, 7) is 1.00. The highest BCUT2D eigenvalue weighted by Gasteiger charge is 2.33. The summed E-state index contributed by atoms with van der Waals surface area (Å²) in [5.41, 5.74) is 2.00. The lowest BCUT2D eigenvalue weighted by Crippen LogP contribution is -2.37. The number of aromatic nitrogens is 4. The van der Waals surface area contributed by atoms with Gasteiger partial charge in [-0.1, -0.05) is 0 Å². The van der Waals surface area contributed by atoms with E-state index in [1.807, 2.05) is 18.2 Å². The molecule has 0 bridgehead atoms. The van der Waals surface area contributed by atoms with Crippen LogP contribution in [0.4, 0.5) is 5.82 Å². The van der Waals surface area contributed by atoms with Crippen LogP contribution in [0.5, 0.6) is 0 Å². The van der Waals surface area contributed by atoms with Crippen molar-refractivity contribution in [3.63, 3.8) is 0 Å². The molecule has 1 N–H and O–H groups in total.